The van der Waals surface area contributed by atoms with Crippen molar-refractivity contribution in [2.24, 2.45) is 5.84 Å². The van der Waals surface area contributed by atoms with Crippen LogP contribution in [0.3, 0.4) is 0 Å². The van der Waals surface area contributed by atoms with Crippen LogP contribution in [0.4, 0.5) is 11.4 Å². The Morgan fingerprint density at radius 3 is 2.48 bits per heavy atom. The molecule has 0 radical (unpaired) electrons. The van der Waals surface area contributed by atoms with Crippen molar-refractivity contribution in [1.29, 1.82) is 0 Å². The number of halogens is 2. The van der Waals surface area contributed by atoms with Gasteiger partial charge in [-0.25, -0.2) is 0 Å². The molecule has 0 amide bonds. The monoisotopic (exact) mass is 381 g/mol. The summed E-state index contributed by atoms with van der Waals surface area (Å²) in [5.74, 6) is 4.98. The highest BCUT2D eigenvalue weighted by Crippen LogP contribution is 2.33. The molecule has 0 aliphatic carbocycles. The smallest absolute Gasteiger partial charge is 0.310 e. The number of rotatable bonds is 8. The average molecular weight is 382 g/mol. The van der Waals surface area contributed by atoms with E-state index in [1.165, 1.54) is 0 Å². The van der Waals surface area contributed by atoms with Crippen molar-refractivity contribution in [2.45, 2.75) is 25.9 Å². The van der Waals surface area contributed by atoms with Crippen LogP contribution in [0, 0.1) is 0 Å². The molecule has 2 aromatic carbocycles. The summed E-state index contributed by atoms with van der Waals surface area (Å²) < 4.78 is 5.44. The third kappa shape index (κ3) is 5.61. The number of hydrazine groups is 1. The first-order valence-electron chi connectivity index (χ1n) is 7.97. The number of nitrogens with one attached hydrogen (secondary N) is 2. The molecule has 7 heteroatoms. The molecule has 0 heterocycles. The topological polar surface area (TPSA) is 76.4 Å². The minimum atomic E-state index is -0.318. The molecule has 0 saturated carbocycles. The van der Waals surface area contributed by atoms with Gasteiger partial charge in [0.05, 0.1) is 22.2 Å². The van der Waals surface area contributed by atoms with Crippen LogP contribution in [0.5, 0.6) is 0 Å². The minimum Gasteiger partial charge on any atom is -0.461 e. The number of anilines is 2. The van der Waals surface area contributed by atoms with E-state index in [9.17, 15) is 4.79 Å². The molecule has 2 rings (SSSR count). The summed E-state index contributed by atoms with van der Waals surface area (Å²) >= 11 is 12.4. The van der Waals surface area contributed by atoms with E-state index in [4.69, 9.17) is 33.8 Å². The van der Waals surface area contributed by atoms with Crippen molar-refractivity contribution in [3.63, 3.8) is 0 Å². The fraction of sp³-hybridized carbons (Fsp3) is 0.278. The Kier molecular flexibility index (Phi) is 7.52. The molecule has 0 bridgehead atoms. The summed E-state index contributed by atoms with van der Waals surface area (Å²) in [6.07, 6.45) is 0.563. The van der Waals surface area contributed by atoms with E-state index in [1.807, 2.05) is 31.2 Å². The van der Waals surface area contributed by atoms with Gasteiger partial charge in [0.1, 0.15) is 6.10 Å². The molecule has 0 fully saturated rings. The number of esters is 1. The summed E-state index contributed by atoms with van der Waals surface area (Å²) in [6.45, 7) is 2.35. The quantitative estimate of drug-likeness (QED) is 0.365. The molecule has 4 N–H and O–H groups in total. The van der Waals surface area contributed by atoms with Crippen LogP contribution in [-0.4, -0.2) is 18.6 Å². The van der Waals surface area contributed by atoms with E-state index in [1.54, 1.807) is 18.2 Å². The predicted octanol–water partition coefficient (Wildman–Crippen LogP) is 4.06. The normalized spacial score (nSPS) is 11.8. The van der Waals surface area contributed by atoms with Crippen LogP contribution in [0.15, 0.2) is 42.5 Å². The molecule has 0 aliphatic heterocycles. The van der Waals surface area contributed by atoms with Crippen LogP contribution in [-0.2, 0) is 16.0 Å². The number of benzene rings is 2. The van der Waals surface area contributed by atoms with Crippen molar-refractivity contribution in [3.8, 4) is 0 Å². The Balaban J connectivity index is 2.14. The maximum atomic E-state index is 12.2. The Hall–Kier alpha value is -1.79. The molecule has 2 aromatic rings. The number of ether oxygens (including phenoxy) is 1. The van der Waals surface area contributed by atoms with Crippen molar-refractivity contribution in [1.82, 2.24) is 5.43 Å². The lowest BCUT2D eigenvalue weighted by atomic mass is 10.1. The van der Waals surface area contributed by atoms with E-state index in [0.717, 1.165) is 11.3 Å². The summed E-state index contributed by atoms with van der Waals surface area (Å²) in [7, 11) is 0. The van der Waals surface area contributed by atoms with E-state index >= 15 is 0 Å². The summed E-state index contributed by atoms with van der Waals surface area (Å²) in [5.41, 5.74) is 4.67. The molecule has 0 spiro atoms. The van der Waals surface area contributed by atoms with Gasteiger partial charge in [0.15, 0.2) is 0 Å². The van der Waals surface area contributed by atoms with Gasteiger partial charge < -0.3 is 10.1 Å². The molecule has 1 unspecified atom stereocenters. The lowest BCUT2D eigenvalue weighted by Crippen LogP contribution is -2.35. The van der Waals surface area contributed by atoms with Crippen LogP contribution in [0.2, 0.25) is 10.0 Å². The number of nitrogens with two attached hydrogens (primary N) is 1. The van der Waals surface area contributed by atoms with Crippen LogP contribution in [0.1, 0.15) is 18.9 Å². The molecule has 134 valence electrons. The van der Waals surface area contributed by atoms with Gasteiger partial charge in [-0.2, -0.15) is 0 Å². The molecular formula is C18H21Cl2N3O2. The third-order valence-corrected chi connectivity index (χ3v) is 4.30. The summed E-state index contributed by atoms with van der Waals surface area (Å²) in [4.78, 5) is 12.2. The first-order chi connectivity index (χ1) is 12.0. The van der Waals surface area contributed by atoms with Gasteiger partial charge in [-0.15, -0.1) is 0 Å². The Bertz CT molecular complexity index is 705. The predicted molar refractivity (Wildman–Crippen MR) is 102 cm³/mol. The van der Waals surface area contributed by atoms with E-state index < -0.39 is 0 Å². The van der Waals surface area contributed by atoms with Crippen molar-refractivity contribution in [3.05, 3.63) is 58.1 Å². The SMILES string of the molecule is CCC(CNN)OC(=O)Cc1ccccc1Nc1c(Cl)cccc1Cl. The summed E-state index contributed by atoms with van der Waals surface area (Å²) in [6, 6.07) is 12.7. The van der Waals surface area contributed by atoms with Crippen molar-refractivity contribution >= 4 is 40.5 Å². The number of carbonyl (C=O) groups is 1. The van der Waals surface area contributed by atoms with Crippen molar-refractivity contribution < 1.29 is 9.53 Å². The van der Waals surface area contributed by atoms with Crippen molar-refractivity contribution in [2.75, 3.05) is 11.9 Å². The highest BCUT2D eigenvalue weighted by molar-refractivity contribution is 6.39. The van der Waals surface area contributed by atoms with Crippen LogP contribution >= 0.6 is 23.2 Å². The summed E-state index contributed by atoms with van der Waals surface area (Å²) in [5, 5.41) is 4.21. The maximum absolute atomic E-state index is 12.2. The Morgan fingerprint density at radius 2 is 1.84 bits per heavy atom. The first kappa shape index (κ1) is 19.5. The molecular weight excluding hydrogens is 361 g/mol. The van der Waals surface area contributed by atoms with Crippen LogP contribution < -0.4 is 16.6 Å². The molecule has 0 aliphatic rings. The maximum Gasteiger partial charge on any atom is 0.310 e. The lowest BCUT2D eigenvalue weighted by molar-refractivity contribution is -0.148. The molecule has 1 atom stereocenters. The second-order valence-corrected chi connectivity index (χ2v) is 6.30. The van der Waals surface area contributed by atoms with Crippen LogP contribution in [0.25, 0.3) is 0 Å². The fourth-order valence-corrected chi connectivity index (χ4v) is 2.82. The highest BCUT2D eigenvalue weighted by Gasteiger charge is 2.15. The third-order valence-electron chi connectivity index (χ3n) is 3.67. The van der Waals surface area contributed by atoms with Gasteiger partial charge in [0, 0.05) is 12.2 Å². The number of hydrogen-bond donors (Lipinski definition) is 3. The van der Waals surface area contributed by atoms with E-state index in [0.29, 0.717) is 28.7 Å². The standard InChI is InChI=1S/C18H21Cl2N3O2/c1-2-13(11-22-21)25-17(24)10-12-6-3-4-9-16(12)23-18-14(19)7-5-8-15(18)20/h3-9,13,22-23H,2,10-11,21H2,1H3. The molecule has 0 saturated heterocycles. The lowest BCUT2D eigenvalue weighted by Gasteiger charge is -2.17. The van der Waals surface area contributed by atoms with E-state index in [-0.39, 0.29) is 18.5 Å². The van der Waals surface area contributed by atoms with E-state index in [2.05, 4.69) is 10.7 Å². The molecule has 25 heavy (non-hydrogen) atoms. The largest absolute Gasteiger partial charge is 0.461 e. The number of hydrogen-bond acceptors (Lipinski definition) is 5. The second-order valence-electron chi connectivity index (χ2n) is 5.48. The van der Waals surface area contributed by atoms with Gasteiger partial charge in [-0.05, 0) is 30.2 Å². The Morgan fingerprint density at radius 1 is 1.16 bits per heavy atom. The zero-order valence-electron chi connectivity index (χ0n) is 13.9. The van der Waals surface area contributed by atoms with Gasteiger partial charge >= 0.3 is 5.97 Å². The average Bonchev–Trinajstić information content (AvgIpc) is 2.59. The zero-order chi connectivity index (χ0) is 18.2. The fourth-order valence-electron chi connectivity index (χ4n) is 2.33. The van der Waals surface area contributed by atoms with Gasteiger partial charge in [0.25, 0.3) is 0 Å². The van der Waals surface area contributed by atoms with Gasteiger partial charge in [0.2, 0.25) is 0 Å². The molecule has 5 nitrogen and oxygen atoms in total. The number of para-hydroxylation sites is 2. The van der Waals surface area contributed by atoms with Gasteiger partial charge in [-0.1, -0.05) is 54.4 Å². The number of carbonyl (C=O) groups excluding carboxylic acids is 1. The van der Waals surface area contributed by atoms with Gasteiger partial charge in [-0.3, -0.25) is 16.1 Å². The first-order valence-corrected chi connectivity index (χ1v) is 8.72. The molecule has 0 aromatic heterocycles. The minimum absolute atomic E-state index is 0.131. The second kappa shape index (κ2) is 9.63. The zero-order valence-corrected chi connectivity index (χ0v) is 15.4. The highest BCUT2D eigenvalue weighted by atomic mass is 35.5. The Labute approximate surface area is 157 Å².